The van der Waals surface area contributed by atoms with Crippen LogP contribution in [0.4, 0.5) is 5.69 Å². The van der Waals surface area contributed by atoms with Crippen LogP contribution in [0.1, 0.15) is 18.1 Å². The smallest absolute Gasteiger partial charge is 0.185 e. The quantitative estimate of drug-likeness (QED) is 0.771. The molecule has 1 aromatic carbocycles. The van der Waals surface area contributed by atoms with Crippen molar-refractivity contribution in [2.45, 2.75) is 25.8 Å². The molecule has 0 spiro atoms. The molecule has 1 atom stereocenters. The number of methoxy groups -OCH3 is 1. The van der Waals surface area contributed by atoms with Gasteiger partial charge in [-0.3, -0.25) is 0 Å². The number of ether oxygens (including phenoxy) is 2. The lowest BCUT2D eigenvalue weighted by Gasteiger charge is -2.37. The Balaban J connectivity index is 1.92. The third-order valence-corrected chi connectivity index (χ3v) is 4.66. The van der Waals surface area contributed by atoms with Crippen LogP contribution in [0, 0.1) is 0 Å². The Labute approximate surface area is 128 Å². The fraction of sp³-hybridized carbons (Fsp3) is 0.625. The summed E-state index contributed by atoms with van der Waals surface area (Å²) in [5.74, 6) is 1.05. The average molecular weight is 288 g/mol. The van der Waals surface area contributed by atoms with Crippen LogP contribution in [0.3, 0.4) is 0 Å². The third kappa shape index (κ3) is 3.04. The monoisotopic (exact) mass is 288 g/mol. The molecule has 0 bridgehead atoms. The SMILES string of the molecule is BN1CCc2cc3c(cc2CC1)N(CCOC)[C@@H](C)CO3. The van der Waals surface area contributed by atoms with Crippen LogP contribution in [0.2, 0.25) is 0 Å². The molecule has 0 fully saturated rings. The molecule has 4 nitrogen and oxygen atoms in total. The zero-order chi connectivity index (χ0) is 14.8. The van der Waals surface area contributed by atoms with Gasteiger partial charge in [0.15, 0.2) is 7.98 Å². The number of nitrogens with zero attached hydrogens (tertiary/aromatic N) is 2. The Bertz CT molecular complexity index is 509. The lowest BCUT2D eigenvalue weighted by atomic mass is 9.99. The second kappa shape index (κ2) is 6.28. The van der Waals surface area contributed by atoms with E-state index < -0.39 is 0 Å². The molecule has 0 amide bonds. The van der Waals surface area contributed by atoms with E-state index in [2.05, 4.69) is 36.7 Å². The van der Waals surface area contributed by atoms with E-state index in [4.69, 9.17) is 9.47 Å². The summed E-state index contributed by atoms with van der Waals surface area (Å²) in [6.07, 6.45) is 2.25. The van der Waals surface area contributed by atoms with Crippen molar-refractivity contribution >= 4 is 13.7 Å². The predicted octanol–water partition coefficient (Wildman–Crippen LogP) is 0.869. The molecule has 0 saturated carbocycles. The Morgan fingerprint density at radius 2 is 2.00 bits per heavy atom. The van der Waals surface area contributed by atoms with Crippen LogP contribution in [0.15, 0.2) is 12.1 Å². The first-order valence-electron chi connectivity index (χ1n) is 7.91. The van der Waals surface area contributed by atoms with Crippen molar-refractivity contribution in [3.63, 3.8) is 0 Å². The van der Waals surface area contributed by atoms with Crippen LogP contribution in [0.25, 0.3) is 0 Å². The summed E-state index contributed by atoms with van der Waals surface area (Å²) in [4.78, 5) is 4.84. The first-order chi connectivity index (χ1) is 10.2. The zero-order valence-corrected chi connectivity index (χ0v) is 13.4. The lowest BCUT2D eigenvalue weighted by molar-refractivity contribution is 0.195. The zero-order valence-electron chi connectivity index (χ0n) is 13.4. The van der Waals surface area contributed by atoms with Crippen molar-refractivity contribution in [2.75, 3.05) is 44.9 Å². The second-order valence-electron chi connectivity index (χ2n) is 6.24. The number of hydrogen-bond acceptors (Lipinski definition) is 4. The maximum absolute atomic E-state index is 5.98. The molecule has 5 heteroatoms. The summed E-state index contributed by atoms with van der Waals surface area (Å²) in [6, 6.07) is 5.03. The van der Waals surface area contributed by atoms with Crippen molar-refractivity contribution in [1.29, 1.82) is 0 Å². The van der Waals surface area contributed by atoms with Crippen LogP contribution in [-0.4, -0.2) is 58.8 Å². The van der Waals surface area contributed by atoms with Crippen molar-refractivity contribution in [3.8, 4) is 5.75 Å². The molecule has 2 heterocycles. The Hall–Kier alpha value is -1.20. The molecule has 0 radical (unpaired) electrons. The molecule has 0 saturated heterocycles. The highest BCUT2D eigenvalue weighted by molar-refractivity contribution is 6.04. The summed E-state index contributed by atoms with van der Waals surface area (Å²) in [5.41, 5.74) is 4.19. The Morgan fingerprint density at radius 3 is 2.71 bits per heavy atom. The standard InChI is InChI=1S/C16H25BN2O2/c1-12-11-21-16-10-14-4-6-18(17)5-3-13(14)9-15(16)19(12)7-8-20-2/h9-10,12H,3-8,11,17H2,1-2H3/t12-/m0/s1. The number of hydrogen-bond donors (Lipinski definition) is 0. The van der Waals surface area contributed by atoms with Crippen LogP contribution in [0.5, 0.6) is 5.75 Å². The van der Waals surface area contributed by atoms with E-state index in [1.165, 1.54) is 16.8 Å². The molecule has 2 aliphatic heterocycles. The minimum Gasteiger partial charge on any atom is -0.489 e. The van der Waals surface area contributed by atoms with Gasteiger partial charge in [0.1, 0.15) is 12.4 Å². The summed E-state index contributed by atoms with van der Waals surface area (Å²) in [7, 11) is 3.97. The van der Waals surface area contributed by atoms with Gasteiger partial charge in [0.25, 0.3) is 0 Å². The maximum atomic E-state index is 5.98. The maximum Gasteiger partial charge on any atom is 0.185 e. The largest absolute Gasteiger partial charge is 0.489 e. The van der Waals surface area contributed by atoms with E-state index in [-0.39, 0.29) is 0 Å². The van der Waals surface area contributed by atoms with E-state index in [1.807, 2.05) is 0 Å². The van der Waals surface area contributed by atoms with E-state index in [9.17, 15) is 0 Å². The van der Waals surface area contributed by atoms with Gasteiger partial charge in [-0.25, -0.2) is 0 Å². The van der Waals surface area contributed by atoms with Gasteiger partial charge in [0, 0.05) is 13.7 Å². The number of fused-ring (bicyclic) bond motifs is 2. The molecule has 0 aromatic heterocycles. The second-order valence-corrected chi connectivity index (χ2v) is 6.24. The minimum atomic E-state index is 0.402. The van der Waals surface area contributed by atoms with Crippen molar-refractivity contribution in [1.82, 2.24) is 4.81 Å². The summed E-state index contributed by atoms with van der Waals surface area (Å²) in [5, 5.41) is 0. The first-order valence-corrected chi connectivity index (χ1v) is 7.91. The lowest BCUT2D eigenvalue weighted by Crippen LogP contribution is -2.43. The Kier molecular flexibility index (Phi) is 4.41. The van der Waals surface area contributed by atoms with Crippen molar-refractivity contribution < 1.29 is 9.47 Å². The van der Waals surface area contributed by atoms with Gasteiger partial charge in [0.05, 0.1) is 18.3 Å². The minimum absolute atomic E-state index is 0.402. The number of rotatable bonds is 3. The van der Waals surface area contributed by atoms with Gasteiger partial charge < -0.3 is 19.2 Å². The molecular weight excluding hydrogens is 263 g/mol. The number of anilines is 1. The molecule has 0 N–H and O–H groups in total. The molecule has 0 unspecified atom stereocenters. The summed E-state index contributed by atoms with van der Waals surface area (Å²) < 4.78 is 11.2. The fourth-order valence-electron chi connectivity index (χ4n) is 3.26. The van der Waals surface area contributed by atoms with E-state index in [0.29, 0.717) is 6.04 Å². The molecule has 1 aromatic rings. The van der Waals surface area contributed by atoms with Gasteiger partial charge in [-0.1, -0.05) is 0 Å². The highest BCUT2D eigenvalue weighted by atomic mass is 16.5. The highest BCUT2D eigenvalue weighted by Gasteiger charge is 2.26. The molecular formula is C16H25BN2O2. The molecule has 3 rings (SSSR count). The van der Waals surface area contributed by atoms with E-state index in [1.54, 1.807) is 7.11 Å². The molecule has 21 heavy (non-hydrogen) atoms. The van der Waals surface area contributed by atoms with Crippen LogP contribution < -0.4 is 9.64 Å². The van der Waals surface area contributed by atoms with E-state index >= 15 is 0 Å². The predicted molar refractivity (Wildman–Crippen MR) is 88.1 cm³/mol. The van der Waals surface area contributed by atoms with E-state index in [0.717, 1.165) is 51.4 Å². The molecule has 2 aliphatic rings. The first kappa shape index (κ1) is 14.7. The van der Waals surface area contributed by atoms with Crippen molar-refractivity contribution in [3.05, 3.63) is 23.3 Å². The molecule has 114 valence electrons. The summed E-state index contributed by atoms with van der Waals surface area (Å²) in [6.45, 7) is 6.93. The average Bonchev–Trinajstić information content (AvgIpc) is 2.67. The molecule has 0 aliphatic carbocycles. The fourth-order valence-corrected chi connectivity index (χ4v) is 3.26. The Morgan fingerprint density at radius 1 is 1.29 bits per heavy atom. The topological polar surface area (TPSA) is 24.9 Å². The van der Waals surface area contributed by atoms with Gasteiger partial charge in [-0.2, -0.15) is 0 Å². The normalized spacial score (nSPS) is 22.2. The number of benzene rings is 1. The van der Waals surface area contributed by atoms with Gasteiger partial charge in [-0.15, -0.1) is 0 Å². The van der Waals surface area contributed by atoms with Gasteiger partial charge in [0.2, 0.25) is 0 Å². The van der Waals surface area contributed by atoms with Gasteiger partial charge in [-0.05, 0) is 56.1 Å². The third-order valence-electron chi connectivity index (χ3n) is 4.66. The van der Waals surface area contributed by atoms with Crippen LogP contribution >= 0.6 is 0 Å². The highest BCUT2D eigenvalue weighted by Crippen LogP contribution is 2.37. The van der Waals surface area contributed by atoms with Crippen molar-refractivity contribution in [2.24, 2.45) is 0 Å². The van der Waals surface area contributed by atoms with Crippen LogP contribution in [-0.2, 0) is 17.6 Å². The summed E-state index contributed by atoms with van der Waals surface area (Å²) >= 11 is 0. The van der Waals surface area contributed by atoms with Gasteiger partial charge >= 0.3 is 0 Å².